The van der Waals surface area contributed by atoms with Gasteiger partial charge in [-0.1, -0.05) is 46.6 Å². The van der Waals surface area contributed by atoms with Crippen LogP contribution in [0.4, 0.5) is 0 Å². The van der Waals surface area contributed by atoms with Gasteiger partial charge in [0.2, 0.25) is 5.91 Å². The highest BCUT2D eigenvalue weighted by Gasteiger charge is 2.35. The van der Waals surface area contributed by atoms with Gasteiger partial charge in [0, 0.05) is 25.5 Å². The Balaban J connectivity index is 1.71. The predicted molar refractivity (Wildman–Crippen MR) is 123 cm³/mol. The zero-order chi connectivity index (χ0) is 22.1. The quantitative estimate of drug-likeness (QED) is 0.714. The summed E-state index contributed by atoms with van der Waals surface area (Å²) in [5.41, 5.74) is 3.85. The summed E-state index contributed by atoms with van der Waals surface area (Å²) in [5, 5.41) is 16.8. The Bertz CT molecular complexity index is 887. The van der Waals surface area contributed by atoms with Gasteiger partial charge in [-0.05, 0) is 55.2 Å². The van der Waals surface area contributed by atoms with E-state index in [4.69, 9.17) is 0 Å². The first kappa shape index (κ1) is 22.8. The maximum Gasteiger partial charge on any atom is 0.226 e. The Kier molecular flexibility index (Phi) is 6.91. The first-order valence-corrected chi connectivity index (χ1v) is 11.6. The number of nitrogens with zero attached hydrogens (tertiary/aromatic N) is 3. The summed E-state index contributed by atoms with van der Waals surface area (Å²) in [6.07, 6.45) is 4.85. The van der Waals surface area contributed by atoms with Gasteiger partial charge in [0.25, 0.3) is 0 Å². The van der Waals surface area contributed by atoms with Gasteiger partial charge in [0.15, 0.2) is 0 Å². The lowest BCUT2D eigenvalue weighted by molar-refractivity contribution is -0.135. The Labute approximate surface area is 181 Å². The standard InChI is InChI=1S/C25H39N3O2/c1-7-19(8-2)16-25(30)9-11-28(12-10-25)23(29)15-20-13-21(17(3)4)24-18(5)26-27(6)22(24)14-20/h13-14,17,19,30H,7-12,15-16H2,1-6H3. The van der Waals surface area contributed by atoms with Gasteiger partial charge in [0.1, 0.15) is 0 Å². The molecule has 2 heterocycles. The van der Waals surface area contributed by atoms with Crippen molar-refractivity contribution in [2.45, 2.75) is 84.7 Å². The van der Waals surface area contributed by atoms with Crippen molar-refractivity contribution in [3.63, 3.8) is 0 Å². The second kappa shape index (κ2) is 9.09. The third-order valence-corrected chi connectivity index (χ3v) is 7.07. The molecular formula is C25H39N3O2. The van der Waals surface area contributed by atoms with Crippen LogP contribution in [0.15, 0.2) is 12.1 Å². The number of fused-ring (bicyclic) bond motifs is 1. The Morgan fingerprint density at radius 3 is 2.40 bits per heavy atom. The number of benzene rings is 1. The smallest absolute Gasteiger partial charge is 0.226 e. The van der Waals surface area contributed by atoms with Crippen LogP contribution in [0.5, 0.6) is 0 Å². The van der Waals surface area contributed by atoms with Crippen molar-refractivity contribution in [3.8, 4) is 0 Å². The number of rotatable bonds is 7. The van der Waals surface area contributed by atoms with Crippen LogP contribution in [-0.4, -0.2) is 44.4 Å². The molecular weight excluding hydrogens is 374 g/mol. The van der Waals surface area contributed by atoms with Crippen molar-refractivity contribution in [2.24, 2.45) is 13.0 Å². The van der Waals surface area contributed by atoms with Gasteiger partial charge in [0.05, 0.1) is 23.2 Å². The van der Waals surface area contributed by atoms with E-state index in [1.54, 1.807) is 0 Å². The summed E-state index contributed by atoms with van der Waals surface area (Å²) >= 11 is 0. The lowest BCUT2D eigenvalue weighted by Gasteiger charge is -2.40. The Morgan fingerprint density at radius 2 is 1.83 bits per heavy atom. The van der Waals surface area contributed by atoms with E-state index in [1.807, 2.05) is 16.6 Å². The van der Waals surface area contributed by atoms with E-state index in [0.717, 1.165) is 36.0 Å². The van der Waals surface area contributed by atoms with E-state index in [0.29, 0.717) is 44.2 Å². The number of amides is 1. The molecule has 1 aromatic heterocycles. The van der Waals surface area contributed by atoms with E-state index >= 15 is 0 Å². The zero-order valence-electron chi connectivity index (χ0n) is 19.7. The molecule has 166 valence electrons. The monoisotopic (exact) mass is 413 g/mol. The second-order valence-electron chi connectivity index (χ2n) is 9.61. The molecule has 0 atom stereocenters. The lowest BCUT2D eigenvalue weighted by Crippen LogP contribution is -2.47. The maximum atomic E-state index is 13.0. The number of hydrogen-bond donors (Lipinski definition) is 1. The normalized spacial score (nSPS) is 16.8. The fourth-order valence-electron chi connectivity index (χ4n) is 5.02. The first-order valence-electron chi connectivity index (χ1n) is 11.6. The van der Waals surface area contributed by atoms with Crippen molar-refractivity contribution >= 4 is 16.8 Å². The molecule has 1 saturated heterocycles. The number of hydrogen-bond acceptors (Lipinski definition) is 3. The Hall–Kier alpha value is -1.88. The average molecular weight is 414 g/mol. The van der Waals surface area contributed by atoms with Crippen LogP contribution in [0, 0.1) is 12.8 Å². The summed E-state index contributed by atoms with van der Waals surface area (Å²) < 4.78 is 1.92. The number of carbonyl (C=O) groups excluding carboxylic acids is 1. The molecule has 0 radical (unpaired) electrons. The molecule has 1 amide bonds. The highest BCUT2D eigenvalue weighted by molar-refractivity contribution is 5.88. The fourth-order valence-corrected chi connectivity index (χ4v) is 5.02. The molecule has 30 heavy (non-hydrogen) atoms. The molecule has 0 aliphatic carbocycles. The zero-order valence-corrected chi connectivity index (χ0v) is 19.7. The van der Waals surface area contributed by atoms with Gasteiger partial charge >= 0.3 is 0 Å². The van der Waals surface area contributed by atoms with Crippen LogP contribution >= 0.6 is 0 Å². The minimum absolute atomic E-state index is 0.160. The van der Waals surface area contributed by atoms with Crippen molar-refractivity contribution in [1.82, 2.24) is 14.7 Å². The number of carbonyl (C=O) groups is 1. The summed E-state index contributed by atoms with van der Waals surface area (Å²) in [7, 11) is 1.97. The van der Waals surface area contributed by atoms with Crippen molar-refractivity contribution in [2.75, 3.05) is 13.1 Å². The number of likely N-dealkylation sites (tertiary alicyclic amines) is 1. The molecule has 3 rings (SSSR count). The maximum absolute atomic E-state index is 13.0. The fraction of sp³-hybridized carbons (Fsp3) is 0.680. The molecule has 5 heteroatoms. The Morgan fingerprint density at radius 1 is 1.20 bits per heavy atom. The molecule has 1 aliphatic heterocycles. The van der Waals surface area contributed by atoms with Crippen LogP contribution in [0.1, 0.15) is 82.5 Å². The molecule has 0 saturated carbocycles. The average Bonchev–Trinajstić information content (AvgIpc) is 2.99. The molecule has 2 aromatic rings. The number of piperidine rings is 1. The molecule has 1 aliphatic rings. The SMILES string of the molecule is CCC(CC)CC1(O)CCN(C(=O)Cc2cc(C(C)C)c3c(C)nn(C)c3c2)CC1. The van der Waals surface area contributed by atoms with Crippen LogP contribution in [0.2, 0.25) is 0 Å². The van der Waals surface area contributed by atoms with E-state index in [1.165, 1.54) is 10.9 Å². The molecule has 1 fully saturated rings. The van der Waals surface area contributed by atoms with E-state index < -0.39 is 5.60 Å². The molecule has 0 unspecified atom stereocenters. The van der Waals surface area contributed by atoms with Crippen molar-refractivity contribution in [3.05, 3.63) is 29.0 Å². The van der Waals surface area contributed by atoms with Crippen LogP contribution in [-0.2, 0) is 18.3 Å². The lowest BCUT2D eigenvalue weighted by atomic mass is 9.81. The summed E-state index contributed by atoms with van der Waals surface area (Å²) in [5.74, 6) is 1.11. The summed E-state index contributed by atoms with van der Waals surface area (Å²) in [6.45, 7) is 12.1. The van der Waals surface area contributed by atoms with Crippen LogP contribution < -0.4 is 0 Å². The number of aryl methyl sites for hydroxylation is 2. The topological polar surface area (TPSA) is 58.4 Å². The number of aromatic nitrogens is 2. The van der Waals surface area contributed by atoms with Gasteiger partial charge in [-0.2, -0.15) is 5.10 Å². The number of aliphatic hydroxyl groups is 1. The highest BCUT2D eigenvalue weighted by atomic mass is 16.3. The first-order chi connectivity index (χ1) is 14.2. The highest BCUT2D eigenvalue weighted by Crippen LogP contribution is 2.33. The predicted octanol–water partition coefficient (Wildman–Crippen LogP) is 4.73. The molecule has 0 spiro atoms. The summed E-state index contributed by atoms with van der Waals surface area (Å²) in [4.78, 5) is 15.0. The van der Waals surface area contributed by atoms with Gasteiger partial charge in [-0.3, -0.25) is 9.48 Å². The van der Waals surface area contributed by atoms with E-state index in [9.17, 15) is 9.90 Å². The van der Waals surface area contributed by atoms with Crippen molar-refractivity contribution in [1.29, 1.82) is 0 Å². The third kappa shape index (κ3) is 4.72. The van der Waals surface area contributed by atoms with Crippen molar-refractivity contribution < 1.29 is 9.90 Å². The van der Waals surface area contributed by atoms with Crippen LogP contribution in [0.25, 0.3) is 10.9 Å². The second-order valence-corrected chi connectivity index (χ2v) is 9.61. The summed E-state index contributed by atoms with van der Waals surface area (Å²) in [6, 6.07) is 4.31. The van der Waals surface area contributed by atoms with E-state index in [2.05, 4.69) is 51.9 Å². The van der Waals surface area contributed by atoms with Crippen LogP contribution in [0.3, 0.4) is 0 Å². The minimum atomic E-state index is -0.608. The minimum Gasteiger partial charge on any atom is -0.390 e. The van der Waals surface area contributed by atoms with Gasteiger partial charge in [-0.15, -0.1) is 0 Å². The van der Waals surface area contributed by atoms with Gasteiger partial charge < -0.3 is 10.0 Å². The van der Waals surface area contributed by atoms with E-state index in [-0.39, 0.29) is 5.91 Å². The third-order valence-electron chi connectivity index (χ3n) is 7.07. The molecule has 0 bridgehead atoms. The molecule has 1 N–H and O–H groups in total. The largest absolute Gasteiger partial charge is 0.390 e. The van der Waals surface area contributed by atoms with Gasteiger partial charge in [-0.25, -0.2) is 0 Å². The molecule has 5 nitrogen and oxygen atoms in total. The molecule has 1 aromatic carbocycles.